The average Bonchev–Trinajstić information content (AvgIpc) is 3.57. The van der Waals surface area contributed by atoms with Crippen LogP contribution in [0.2, 0.25) is 0 Å². The number of halogens is 3. The van der Waals surface area contributed by atoms with E-state index in [1.165, 1.54) is 6.20 Å². The third-order valence-electron chi connectivity index (χ3n) is 9.69. The number of aromatic nitrogens is 1. The number of ether oxygens (including phenoxy) is 1. The number of carbonyl (C=O) groups excluding carboxylic acids is 2. The zero-order valence-electron chi connectivity index (χ0n) is 25.9. The number of piperazine rings is 2. The van der Waals surface area contributed by atoms with Gasteiger partial charge in [0.1, 0.15) is 6.10 Å². The summed E-state index contributed by atoms with van der Waals surface area (Å²) in [7, 11) is 0. The van der Waals surface area contributed by atoms with Crippen LogP contribution in [0.25, 0.3) is 0 Å². The molecule has 1 aliphatic carbocycles. The Hall–Kier alpha value is -3.38. The Morgan fingerprint density at radius 2 is 1.49 bits per heavy atom. The molecule has 1 saturated carbocycles. The minimum absolute atomic E-state index is 0.0384. The number of benzene rings is 1. The van der Waals surface area contributed by atoms with Crippen LogP contribution in [0, 0.1) is 12.8 Å². The van der Waals surface area contributed by atoms with Crippen LogP contribution in [0.4, 0.5) is 18.9 Å². The topological polar surface area (TPSA) is 90.0 Å². The molecule has 6 rings (SSSR count). The number of pyridine rings is 1. The van der Waals surface area contributed by atoms with Crippen molar-refractivity contribution in [1.29, 1.82) is 0 Å². The molecule has 3 saturated heterocycles. The highest BCUT2D eigenvalue weighted by molar-refractivity contribution is 5.96. The van der Waals surface area contributed by atoms with Crippen molar-refractivity contribution in [1.82, 2.24) is 25.4 Å². The van der Waals surface area contributed by atoms with Crippen LogP contribution in [0.5, 0.6) is 5.88 Å². The second kappa shape index (κ2) is 13.5. The maximum absolute atomic E-state index is 13.7. The zero-order chi connectivity index (χ0) is 31.6. The molecule has 0 spiro atoms. The summed E-state index contributed by atoms with van der Waals surface area (Å²) in [6, 6.07) is 7.79. The number of nitrogens with zero attached hydrogens (tertiary/aromatic N) is 4. The molecule has 4 fully saturated rings. The highest BCUT2D eigenvalue weighted by Gasteiger charge is 2.42. The molecule has 2 aromatic rings. The Kier molecular flexibility index (Phi) is 9.51. The van der Waals surface area contributed by atoms with Crippen LogP contribution >= 0.6 is 0 Å². The van der Waals surface area contributed by atoms with Crippen molar-refractivity contribution in [2.75, 3.05) is 70.3 Å². The van der Waals surface area contributed by atoms with Gasteiger partial charge in [-0.1, -0.05) is 0 Å². The first kappa shape index (κ1) is 31.6. The summed E-state index contributed by atoms with van der Waals surface area (Å²) in [5.41, 5.74) is 3.88. The fourth-order valence-electron chi connectivity index (χ4n) is 7.07. The van der Waals surface area contributed by atoms with Crippen molar-refractivity contribution in [3.8, 4) is 5.88 Å². The molecule has 12 heteroatoms. The first-order chi connectivity index (χ1) is 21.7. The lowest BCUT2D eigenvalue weighted by Gasteiger charge is -2.35. The third kappa shape index (κ3) is 7.38. The largest absolute Gasteiger partial charge is 0.473 e. The van der Waals surface area contributed by atoms with Crippen LogP contribution in [-0.4, -0.2) is 104 Å². The van der Waals surface area contributed by atoms with Gasteiger partial charge >= 0.3 is 6.18 Å². The van der Waals surface area contributed by atoms with E-state index in [4.69, 9.17) is 4.74 Å². The molecule has 0 bridgehead atoms. The summed E-state index contributed by atoms with van der Waals surface area (Å²) in [5.74, 6) is -1.25. The molecule has 45 heavy (non-hydrogen) atoms. The van der Waals surface area contributed by atoms with Crippen LogP contribution < -0.4 is 20.3 Å². The van der Waals surface area contributed by atoms with Crippen molar-refractivity contribution in [2.24, 2.45) is 5.92 Å². The summed E-state index contributed by atoms with van der Waals surface area (Å²) < 4.78 is 46.3. The summed E-state index contributed by atoms with van der Waals surface area (Å²) in [5, 5.41) is 6.62. The van der Waals surface area contributed by atoms with E-state index in [1.807, 2.05) is 19.1 Å². The maximum atomic E-state index is 13.7. The standard InChI is InChI=1S/C33H43F3N6O3/c1-22-16-24(18-27(17-22)40-10-8-37-9-11-40)31(43)41-12-14-42(15-13-41)32(44)25-19-29(23-2-4-26(5-3-23)33(34,35)36)30(39-20-25)45-28-6-7-38-21-28/h16-20,23,26,28,37-38H,2-15,21H2,1H3/t23?,26?,28-/m0/s1. The van der Waals surface area contributed by atoms with Gasteiger partial charge in [-0.25, -0.2) is 4.98 Å². The average molecular weight is 629 g/mol. The van der Waals surface area contributed by atoms with Crippen LogP contribution in [0.15, 0.2) is 30.5 Å². The van der Waals surface area contributed by atoms with E-state index in [1.54, 1.807) is 15.9 Å². The van der Waals surface area contributed by atoms with E-state index in [-0.39, 0.29) is 36.7 Å². The number of aryl methyl sites for hydroxylation is 1. The van der Waals surface area contributed by atoms with Gasteiger partial charge in [-0.05, 0) is 81.3 Å². The molecule has 0 unspecified atom stereocenters. The van der Waals surface area contributed by atoms with Gasteiger partial charge in [0.2, 0.25) is 5.88 Å². The number of rotatable bonds is 6. The van der Waals surface area contributed by atoms with Gasteiger partial charge in [0.25, 0.3) is 11.8 Å². The number of amides is 2. The first-order valence-electron chi connectivity index (χ1n) is 16.3. The molecule has 4 aliphatic rings. The SMILES string of the molecule is Cc1cc(C(=O)N2CCN(C(=O)c3cnc(O[C@H]4CCNC4)c(C4CCC(C(F)(F)F)CC4)c3)CC2)cc(N2CCNCC2)c1. The molecule has 1 atom stereocenters. The highest BCUT2D eigenvalue weighted by atomic mass is 19.4. The second-order valence-corrected chi connectivity index (χ2v) is 12.8. The molecule has 1 aromatic carbocycles. The minimum atomic E-state index is -4.19. The lowest BCUT2D eigenvalue weighted by atomic mass is 9.78. The summed E-state index contributed by atoms with van der Waals surface area (Å²) >= 11 is 0. The van der Waals surface area contributed by atoms with Crippen LogP contribution in [0.3, 0.4) is 0 Å². The summed E-state index contributed by atoms with van der Waals surface area (Å²) in [6.07, 6.45) is -1.03. The normalized spacial score (nSPS) is 24.5. The fraction of sp³-hybridized carbons (Fsp3) is 0.606. The predicted octanol–water partition coefficient (Wildman–Crippen LogP) is 3.97. The summed E-state index contributed by atoms with van der Waals surface area (Å²) in [4.78, 5) is 37.5. The molecule has 2 amide bonds. The minimum Gasteiger partial charge on any atom is -0.473 e. The highest BCUT2D eigenvalue weighted by Crippen LogP contribution is 2.45. The van der Waals surface area contributed by atoms with Crippen LogP contribution in [0.1, 0.15) is 69.9 Å². The van der Waals surface area contributed by atoms with Gasteiger partial charge in [0.15, 0.2) is 0 Å². The Balaban J connectivity index is 1.12. The van der Waals surface area contributed by atoms with Gasteiger partial charge in [0.05, 0.1) is 11.5 Å². The number of carbonyl (C=O) groups is 2. The molecule has 1 aromatic heterocycles. The molecule has 2 N–H and O–H groups in total. The van der Waals surface area contributed by atoms with Crippen molar-refractivity contribution in [2.45, 2.75) is 57.2 Å². The lowest BCUT2D eigenvalue weighted by molar-refractivity contribution is -0.182. The smallest absolute Gasteiger partial charge is 0.391 e. The third-order valence-corrected chi connectivity index (χ3v) is 9.69. The predicted molar refractivity (Wildman–Crippen MR) is 165 cm³/mol. The van der Waals surface area contributed by atoms with E-state index in [2.05, 4.69) is 26.6 Å². The van der Waals surface area contributed by atoms with Crippen molar-refractivity contribution in [3.63, 3.8) is 0 Å². The van der Waals surface area contributed by atoms with Gasteiger partial charge in [-0.3, -0.25) is 9.59 Å². The van der Waals surface area contributed by atoms with E-state index in [0.29, 0.717) is 62.6 Å². The van der Waals surface area contributed by atoms with Crippen LogP contribution in [-0.2, 0) is 0 Å². The van der Waals surface area contributed by atoms with E-state index in [0.717, 1.165) is 56.0 Å². The molecule has 4 heterocycles. The van der Waals surface area contributed by atoms with Crippen molar-refractivity contribution >= 4 is 17.5 Å². The van der Waals surface area contributed by atoms with E-state index >= 15 is 0 Å². The van der Waals surface area contributed by atoms with Gasteiger partial charge in [0, 0.05) is 81.9 Å². The molecule has 9 nitrogen and oxygen atoms in total. The van der Waals surface area contributed by atoms with Gasteiger partial charge < -0.3 is 30.1 Å². The maximum Gasteiger partial charge on any atom is 0.391 e. The Morgan fingerprint density at radius 3 is 2.11 bits per heavy atom. The first-order valence-corrected chi connectivity index (χ1v) is 16.3. The van der Waals surface area contributed by atoms with Gasteiger partial charge in [-0.2, -0.15) is 13.2 Å². The van der Waals surface area contributed by atoms with E-state index < -0.39 is 12.1 Å². The monoisotopic (exact) mass is 628 g/mol. The van der Waals surface area contributed by atoms with E-state index in [9.17, 15) is 22.8 Å². The molecular formula is C33H43F3N6O3. The number of nitrogens with one attached hydrogen (secondary N) is 2. The second-order valence-electron chi connectivity index (χ2n) is 12.8. The Morgan fingerprint density at radius 1 is 0.822 bits per heavy atom. The molecular weight excluding hydrogens is 585 g/mol. The zero-order valence-corrected chi connectivity index (χ0v) is 25.9. The number of hydrogen-bond acceptors (Lipinski definition) is 7. The van der Waals surface area contributed by atoms with Gasteiger partial charge in [-0.15, -0.1) is 0 Å². The molecule has 0 radical (unpaired) electrons. The fourth-order valence-corrected chi connectivity index (χ4v) is 7.07. The Bertz CT molecular complexity index is 1360. The van der Waals surface area contributed by atoms with Crippen molar-refractivity contribution in [3.05, 3.63) is 52.7 Å². The molecule has 244 valence electrons. The molecule has 3 aliphatic heterocycles. The number of alkyl halides is 3. The number of anilines is 1. The number of hydrogen-bond donors (Lipinski definition) is 2. The summed E-state index contributed by atoms with van der Waals surface area (Å²) in [6.45, 7) is 8.76. The van der Waals surface area contributed by atoms with Crippen molar-refractivity contribution < 1.29 is 27.5 Å². The lowest BCUT2D eigenvalue weighted by Crippen LogP contribution is -2.50. The Labute approximate surface area is 262 Å². The quantitative estimate of drug-likeness (QED) is 0.501.